The number of tetrazole rings is 1. The number of nitrogens with one attached hydrogen (secondary N) is 3. The Morgan fingerprint density at radius 3 is 2.36 bits per heavy atom. The van der Waals surface area contributed by atoms with Crippen LogP contribution in [0.1, 0.15) is 54.9 Å². The van der Waals surface area contributed by atoms with Crippen LogP contribution >= 0.6 is 0 Å². The highest BCUT2D eigenvalue weighted by atomic mass is 16.5. The fraction of sp³-hybridized carbons (Fsp3) is 0.200. The zero-order valence-corrected chi connectivity index (χ0v) is 20.0. The average Bonchev–Trinajstić information content (AvgIpc) is 3.47. The van der Waals surface area contributed by atoms with E-state index in [-0.39, 0.29) is 12.3 Å². The Balaban J connectivity index is 1.35. The number of amides is 2. The molecule has 2 aromatic heterocycles. The predicted octanol–water partition coefficient (Wildman–Crippen LogP) is 2.58. The van der Waals surface area contributed by atoms with Crippen LogP contribution < -0.4 is 10.9 Å². The van der Waals surface area contributed by atoms with Gasteiger partial charge in [0.15, 0.2) is 0 Å². The molecule has 3 N–H and O–H groups in total. The Morgan fingerprint density at radius 2 is 1.67 bits per heavy atom. The SMILES string of the molecule is CCOC(=O)c1c(C)[nH]c(C(=O)NNC(=O)c2ccc(Cn3nnc(-c4ccccc4)n3)cc2)c1C. The molecule has 11 nitrogen and oxygen atoms in total. The molecule has 0 aliphatic carbocycles. The molecule has 4 rings (SSSR count). The quantitative estimate of drug-likeness (QED) is 0.268. The summed E-state index contributed by atoms with van der Waals surface area (Å²) < 4.78 is 5.03. The van der Waals surface area contributed by atoms with Crippen LogP contribution in [0.4, 0.5) is 0 Å². The first-order valence-corrected chi connectivity index (χ1v) is 11.3. The fourth-order valence-electron chi connectivity index (χ4n) is 3.67. The minimum atomic E-state index is -0.581. The van der Waals surface area contributed by atoms with Crippen molar-refractivity contribution in [3.05, 3.63) is 88.2 Å². The molecule has 0 atom stereocenters. The first kappa shape index (κ1) is 24.3. The van der Waals surface area contributed by atoms with Crippen molar-refractivity contribution in [3.63, 3.8) is 0 Å². The zero-order valence-electron chi connectivity index (χ0n) is 20.0. The van der Waals surface area contributed by atoms with E-state index in [9.17, 15) is 14.4 Å². The molecule has 0 unspecified atom stereocenters. The standard InChI is InChI=1S/C25H25N7O4/c1-4-36-25(35)20-15(2)21(26-16(20)3)24(34)29-28-23(33)19-12-10-17(11-13-19)14-32-30-22(27-31-32)18-8-6-5-7-9-18/h5-13,26H,4,14H2,1-3H3,(H,28,33)(H,29,34). The topological polar surface area (TPSA) is 144 Å². The smallest absolute Gasteiger partial charge is 0.340 e. The normalized spacial score (nSPS) is 10.6. The van der Waals surface area contributed by atoms with E-state index in [1.807, 2.05) is 30.3 Å². The van der Waals surface area contributed by atoms with Crippen LogP contribution in [0, 0.1) is 13.8 Å². The Bertz CT molecular complexity index is 1390. The molecule has 0 saturated heterocycles. The van der Waals surface area contributed by atoms with Crippen molar-refractivity contribution in [2.75, 3.05) is 6.61 Å². The summed E-state index contributed by atoms with van der Waals surface area (Å²) in [5, 5.41) is 12.5. The van der Waals surface area contributed by atoms with Crippen molar-refractivity contribution >= 4 is 17.8 Å². The van der Waals surface area contributed by atoms with Gasteiger partial charge in [0, 0.05) is 16.8 Å². The lowest BCUT2D eigenvalue weighted by Crippen LogP contribution is -2.42. The Morgan fingerprint density at radius 1 is 0.972 bits per heavy atom. The zero-order chi connectivity index (χ0) is 25.7. The first-order valence-electron chi connectivity index (χ1n) is 11.3. The molecule has 0 radical (unpaired) electrons. The number of aromatic amines is 1. The van der Waals surface area contributed by atoms with E-state index < -0.39 is 17.8 Å². The van der Waals surface area contributed by atoms with Gasteiger partial charge in [0.1, 0.15) is 5.69 Å². The third kappa shape index (κ3) is 5.30. The molecule has 0 bridgehead atoms. The van der Waals surface area contributed by atoms with Crippen molar-refractivity contribution in [1.29, 1.82) is 0 Å². The molecule has 36 heavy (non-hydrogen) atoms. The minimum Gasteiger partial charge on any atom is -0.462 e. The van der Waals surface area contributed by atoms with E-state index in [4.69, 9.17) is 4.74 Å². The van der Waals surface area contributed by atoms with Crippen molar-refractivity contribution in [3.8, 4) is 11.4 Å². The second kappa shape index (κ2) is 10.6. The number of hydrazine groups is 1. The molecule has 0 saturated carbocycles. The molecule has 184 valence electrons. The maximum absolute atomic E-state index is 12.6. The lowest BCUT2D eigenvalue weighted by Gasteiger charge is -2.08. The highest BCUT2D eigenvalue weighted by Gasteiger charge is 2.23. The van der Waals surface area contributed by atoms with Crippen LogP contribution in [0.5, 0.6) is 0 Å². The van der Waals surface area contributed by atoms with Gasteiger partial charge in [-0.05, 0) is 49.2 Å². The lowest BCUT2D eigenvalue weighted by molar-refractivity contribution is 0.0524. The fourth-order valence-corrected chi connectivity index (χ4v) is 3.67. The maximum atomic E-state index is 12.6. The molecule has 0 aliphatic heterocycles. The number of aryl methyl sites for hydroxylation is 1. The van der Waals surface area contributed by atoms with Crippen molar-refractivity contribution in [2.45, 2.75) is 27.3 Å². The largest absolute Gasteiger partial charge is 0.462 e. The van der Waals surface area contributed by atoms with E-state index in [2.05, 4.69) is 31.2 Å². The monoisotopic (exact) mass is 487 g/mol. The highest BCUT2D eigenvalue weighted by Crippen LogP contribution is 2.19. The van der Waals surface area contributed by atoms with Gasteiger partial charge in [0.2, 0.25) is 5.82 Å². The van der Waals surface area contributed by atoms with Gasteiger partial charge in [-0.1, -0.05) is 42.5 Å². The number of hydrogen-bond donors (Lipinski definition) is 3. The molecule has 2 aromatic carbocycles. The van der Waals surface area contributed by atoms with Crippen molar-refractivity contribution in [1.82, 2.24) is 36.0 Å². The summed E-state index contributed by atoms with van der Waals surface area (Å²) in [6.07, 6.45) is 0. The summed E-state index contributed by atoms with van der Waals surface area (Å²) in [4.78, 5) is 41.6. The highest BCUT2D eigenvalue weighted by molar-refractivity contribution is 6.02. The van der Waals surface area contributed by atoms with Crippen LogP contribution in [-0.4, -0.2) is 49.6 Å². The van der Waals surface area contributed by atoms with Crippen LogP contribution in [-0.2, 0) is 11.3 Å². The number of ether oxygens (including phenoxy) is 1. The van der Waals surface area contributed by atoms with E-state index >= 15 is 0 Å². The number of nitrogens with zero attached hydrogens (tertiary/aromatic N) is 4. The van der Waals surface area contributed by atoms with Gasteiger partial charge in [-0.25, -0.2) is 4.79 Å². The minimum absolute atomic E-state index is 0.168. The lowest BCUT2D eigenvalue weighted by atomic mass is 10.1. The number of H-pyrrole nitrogens is 1. The summed E-state index contributed by atoms with van der Waals surface area (Å²) in [6, 6.07) is 16.4. The molecule has 0 fully saturated rings. The second-order valence-corrected chi connectivity index (χ2v) is 7.96. The van der Waals surface area contributed by atoms with Gasteiger partial charge >= 0.3 is 5.97 Å². The number of benzene rings is 2. The van der Waals surface area contributed by atoms with E-state index in [0.717, 1.165) is 11.1 Å². The second-order valence-electron chi connectivity index (χ2n) is 7.96. The predicted molar refractivity (Wildman–Crippen MR) is 130 cm³/mol. The average molecular weight is 488 g/mol. The van der Waals surface area contributed by atoms with Gasteiger partial charge in [0.25, 0.3) is 11.8 Å². The summed E-state index contributed by atoms with van der Waals surface area (Å²) in [5.74, 6) is -1.05. The summed E-state index contributed by atoms with van der Waals surface area (Å²) in [5.41, 5.74) is 8.28. The number of esters is 1. The molecule has 0 spiro atoms. The maximum Gasteiger partial charge on any atom is 0.340 e. The van der Waals surface area contributed by atoms with Crippen LogP contribution in [0.15, 0.2) is 54.6 Å². The summed E-state index contributed by atoms with van der Waals surface area (Å²) in [6.45, 7) is 5.62. The molecule has 4 aromatic rings. The molecular formula is C25H25N7O4. The Labute approximate surface area is 206 Å². The third-order valence-corrected chi connectivity index (χ3v) is 5.46. The van der Waals surface area contributed by atoms with Crippen LogP contribution in [0.25, 0.3) is 11.4 Å². The van der Waals surface area contributed by atoms with E-state index in [0.29, 0.717) is 34.8 Å². The Hall–Kier alpha value is -4.80. The molecule has 2 amide bonds. The van der Waals surface area contributed by atoms with Gasteiger partial charge in [0.05, 0.1) is 18.7 Å². The van der Waals surface area contributed by atoms with Crippen LogP contribution in [0.2, 0.25) is 0 Å². The summed E-state index contributed by atoms with van der Waals surface area (Å²) in [7, 11) is 0. The number of carbonyl (C=O) groups is 3. The number of rotatable bonds is 7. The van der Waals surface area contributed by atoms with Gasteiger partial charge in [-0.2, -0.15) is 4.80 Å². The number of hydrogen-bond acceptors (Lipinski definition) is 7. The van der Waals surface area contributed by atoms with Gasteiger partial charge in [-0.15, -0.1) is 10.2 Å². The van der Waals surface area contributed by atoms with E-state index in [1.165, 1.54) is 4.80 Å². The number of carbonyl (C=O) groups excluding carboxylic acids is 3. The van der Waals surface area contributed by atoms with E-state index in [1.54, 1.807) is 45.0 Å². The molecule has 0 aliphatic rings. The number of aromatic nitrogens is 5. The van der Waals surface area contributed by atoms with Crippen molar-refractivity contribution in [2.24, 2.45) is 0 Å². The molecular weight excluding hydrogens is 462 g/mol. The summed E-state index contributed by atoms with van der Waals surface area (Å²) >= 11 is 0. The molecule has 2 heterocycles. The third-order valence-electron chi connectivity index (χ3n) is 5.46. The van der Waals surface area contributed by atoms with Crippen LogP contribution in [0.3, 0.4) is 0 Å². The first-order chi connectivity index (χ1) is 17.4. The molecule has 11 heteroatoms. The van der Waals surface area contributed by atoms with Gasteiger partial charge < -0.3 is 9.72 Å². The van der Waals surface area contributed by atoms with Gasteiger partial charge in [-0.3, -0.25) is 20.4 Å². The van der Waals surface area contributed by atoms with Crippen molar-refractivity contribution < 1.29 is 19.1 Å². The Kier molecular flexibility index (Phi) is 7.19.